The molecule has 94 valence electrons. The van der Waals surface area contributed by atoms with Crippen molar-refractivity contribution in [1.82, 2.24) is 15.2 Å². The van der Waals surface area contributed by atoms with E-state index in [2.05, 4.69) is 22.1 Å². The molecule has 2 N–H and O–H groups in total. The number of nitrogens with one attached hydrogen (secondary N) is 1. The lowest BCUT2D eigenvalue weighted by Crippen LogP contribution is -1.97. The Morgan fingerprint density at radius 2 is 2.22 bits per heavy atom. The number of carboxylic acids is 1. The number of aliphatic carboxylic acids is 1. The van der Waals surface area contributed by atoms with Gasteiger partial charge in [-0.25, -0.2) is 4.98 Å². The predicted octanol–water partition coefficient (Wildman–Crippen LogP) is 2.21. The Hall–Kier alpha value is -1.82. The molecule has 6 heteroatoms. The van der Waals surface area contributed by atoms with Crippen LogP contribution in [0.15, 0.2) is 29.4 Å². The minimum atomic E-state index is -0.875. The van der Waals surface area contributed by atoms with E-state index in [1.165, 1.54) is 5.56 Å². The summed E-state index contributed by atoms with van der Waals surface area (Å²) in [5.41, 5.74) is 2.19. The summed E-state index contributed by atoms with van der Waals surface area (Å²) < 4.78 is 0. The van der Waals surface area contributed by atoms with Gasteiger partial charge < -0.3 is 5.11 Å². The predicted molar refractivity (Wildman–Crippen MR) is 69.6 cm³/mol. The minimum absolute atomic E-state index is 0.0350. The molecule has 0 aliphatic heterocycles. The van der Waals surface area contributed by atoms with Gasteiger partial charge in [0.15, 0.2) is 5.82 Å². The van der Waals surface area contributed by atoms with Gasteiger partial charge in [0.25, 0.3) is 0 Å². The number of thioether (sulfide) groups is 1. The molecule has 2 aromatic rings. The first-order valence-corrected chi connectivity index (χ1v) is 6.54. The maximum atomic E-state index is 10.5. The van der Waals surface area contributed by atoms with Crippen molar-refractivity contribution in [3.05, 3.63) is 29.8 Å². The molecular weight excluding hydrogens is 250 g/mol. The maximum absolute atomic E-state index is 10.5. The molecule has 5 nitrogen and oxygen atoms in total. The van der Waals surface area contributed by atoms with Crippen LogP contribution in [0.25, 0.3) is 11.4 Å². The lowest BCUT2D eigenvalue weighted by molar-refractivity contribution is -0.133. The topological polar surface area (TPSA) is 78.9 Å². The Morgan fingerprint density at radius 1 is 1.44 bits per heavy atom. The highest BCUT2D eigenvalue weighted by Crippen LogP contribution is 2.22. The zero-order valence-electron chi connectivity index (χ0n) is 9.88. The molecule has 1 aromatic carbocycles. The van der Waals surface area contributed by atoms with E-state index < -0.39 is 5.97 Å². The number of carboxylic acid groups (broad SMARTS) is 1. The zero-order chi connectivity index (χ0) is 13.0. The number of carbonyl (C=O) groups is 1. The second kappa shape index (κ2) is 5.68. The van der Waals surface area contributed by atoms with Crippen molar-refractivity contribution in [1.29, 1.82) is 0 Å². The van der Waals surface area contributed by atoms with Gasteiger partial charge in [0.05, 0.1) is 5.75 Å². The van der Waals surface area contributed by atoms with Gasteiger partial charge in [-0.05, 0) is 12.0 Å². The summed E-state index contributed by atoms with van der Waals surface area (Å²) in [6, 6.07) is 7.95. The summed E-state index contributed by atoms with van der Waals surface area (Å²) in [5, 5.41) is 15.9. The fraction of sp³-hybridized carbons (Fsp3) is 0.250. The molecule has 0 spiro atoms. The van der Waals surface area contributed by atoms with Gasteiger partial charge in [-0.15, -0.1) is 5.10 Å². The molecule has 0 unspecified atom stereocenters. The normalized spacial score (nSPS) is 10.5. The molecule has 0 saturated heterocycles. The fourth-order valence-electron chi connectivity index (χ4n) is 1.62. The molecule has 18 heavy (non-hydrogen) atoms. The zero-order valence-corrected chi connectivity index (χ0v) is 10.7. The summed E-state index contributed by atoms with van der Waals surface area (Å²) in [6.45, 7) is 2.08. The third-order valence-electron chi connectivity index (χ3n) is 2.44. The van der Waals surface area contributed by atoms with Gasteiger partial charge >= 0.3 is 5.97 Å². The number of benzene rings is 1. The molecule has 0 fully saturated rings. The first-order chi connectivity index (χ1) is 8.70. The van der Waals surface area contributed by atoms with Gasteiger partial charge in [0.2, 0.25) is 5.16 Å². The first-order valence-electron chi connectivity index (χ1n) is 5.56. The fourth-order valence-corrected chi connectivity index (χ4v) is 2.14. The van der Waals surface area contributed by atoms with E-state index in [1.807, 2.05) is 24.3 Å². The highest BCUT2D eigenvalue weighted by Gasteiger charge is 2.10. The summed E-state index contributed by atoms with van der Waals surface area (Å²) >= 11 is 1.10. The van der Waals surface area contributed by atoms with Crippen LogP contribution in [0, 0.1) is 0 Å². The number of hydrogen-bond donors (Lipinski definition) is 2. The number of nitrogens with zero attached hydrogens (tertiary/aromatic N) is 2. The number of aromatic nitrogens is 3. The van der Waals surface area contributed by atoms with Gasteiger partial charge in [0, 0.05) is 5.56 Å². The highest BCUT2D eigenvalue weighted by atomic mass is 32.2. The minimum Gasteiger partial charge on any atom is -0.481 e. The van der Waals surface area contributed by atoms with E-state index in [1.54, 1.807) is 0 Å². The number of rotatable bonds is 5. The van der Waals surface area contributed by atoms with Crippen LogP contribution in [0.1, 0.15) is 12.5 Å². The summed E-state index contributed by atoms with van der Waals surface area (Å²) in [7, 11) is 0. The maximum Gasteiger partial charge on any atom is 0.313 e. The second-order valence-corrected chi connectivity index (χ2v) is 4.60. The van der Waals surface area contributed by atoms with Crippen LogP contribution >= 0.6 is 11.8 Å². The van der Waals surface area contributed by atoms with E-state index >= 15 is 0 Å². The Bertz CT molecular complexity index is 554. The van der Waals surface area contributed by atoms with Crippen molar-refractivity contribution in [3.63, 3.8) is 0 Å². The molecule has 0 bridgehead atoms. The standard InChI is InChI=1S/C12H13N3O2S/c1-2-8-5-3-4-6-9(8)11-13-12(15-14-11)18-7-10(16)17/h3-6H,2,7H2,1H3,(H,16,17)(H,13,14,15). The van der Waals surface area contributed by atoms with Crippen LogP contribution in [-0.4, -0.2) is 32.0 Å². The average Bonchev–Trinajstić information content (AvgIpc) is 2.85. The Balaban J connectivity index is 2.21. The molecule has 0 aliphatic rings. The summed E-state index contributed by atoms with van der Waals surface area (Å²) in [4.78, 5) is 14.8. The van der Waals surface area contributed by atoms with Gasteiger partial charge in [-0.1, -0.05) is 43.0 Å². The van der Waals surface area contributed by atoms with Crippen molar-refractivity contribution < 1.29 is 9.90 Å². The monoisotopic (exact) mass is 263 g/mol. The molecular formula is C12H13N3O2S. The van der Waals surface area contributed by atoms with E-state index in [4.69, 9.17) is 5.11 Å². The highest BCUT2D eigenvalue weighted by molar-refractivity contribution is 7.99. The number of H-pyrrole nitrogens is 1. The molecule has 1 heterocycles. The quantitative estimate of drug-likeness (QED) is 0.808. The molecule has 1 aromatic heterocycles. The van der Waals surface area contributed by atoms with E-state index in [0.717, 1.165) is 23.7 Å². The van der Waals surface area contributed by atoms with Crippen molar-refractivity contribution in [3.8, 4) is 11.4 Å². The largest absolute Gasteiger partial charge is 0.481 e. The van der Waals surface area contributed by atoms with Gasteiger partial charge in [-0.2, -0.15) is 0 Å². The van der Waals surface area contributed by atoms with Crippen LogP contribution in [0.5, 0.6) is 0 Å². The average molecular weight is 263 g/mol. The third kappa shape index (κ3) is 2.89. The lowest BCUT2D eigenvalue weighted by Gasteiger charge is -2.02. The van der Waals surface area contributed by atoms with Crippen molar-refractivity contribution in [2.45, 2.75) is 18.5 Å². The SMILES string of the molecule is CCc1ccccc1-c1nc(SCC(=O)O)n[nH]1. The van der Waals surface area contributed by atoms with E-state index in [-0.39, 0.29) is 5.75 Å². The molecule has 0 radical (unpaired) electrons. The van der Waals surface area contributed by atoms with Crippen molar-refractivity contribution >= 4 is 17.7 Å². The number of aryl methyl sites for hydroxylation is 1. The third-order valence-corrected chi connectivity index (χ3v) is 3.28. The van der Waals surface area contributed by atoms with Crippen molar-refractivity contribution in [2.24, 2.45) is 0 Å². The van der Waals surface area contributed by atoms with Crippen LogP contribution in [0.4, 0.5) is 0 Å². The lowest BCUT2D eigenvalue weighted by atomic mass is 10.1. The van der Waals surface area contributed by atoms with E-state index in [9.17, 15) is 4.79 Å². The molecule has 0 amide bonds. The van der Waals surface area contributed by atoms with Crippen LogP contribution in [-0.2, 0) is 11.2 Å². The van der Waals surface area contributed by atoms with Gasteiger partial charge in [-0.3, -0.25) is 9.89 Å². The van der Waals surface area contributed by atoms with Crippen LogP contribution in [0.3, 0.4) is 0 Å². The van der Waals surface area contributed by atoms with Crippen LogP contribution < -0.4 is 0 Å². The Labute approximate surface area is 109 Å². The molecule has 0 saturated carbocycles. The van der Waals surface area contributed by atoms with Crippen LogP contribution in [0.2, 0.25) is 0 Å². The van der Waals surface area contributed by atoms with E-state index in [0.29, 0.717) is 11.0 Å². The smallest absolute Gasteiger partial charge is 0.313 e. The van der Waals surface area contributed by atoms with Crippen molar-refractivity contribution in [2.75, 3.05) is 5.75 Å². The summed E-state index contributed by atoms with van der Waals surface area (Å²) in [6.07, 6.45) is 0.911. The first kappa shape index (κ1) is 12.6. The number of hydrogen-bond acceptors (Lipinski definition) is 4. The second-order valence-electron chi connectivity index (χ2n) is 3.66. The molecule has 2 rings (SSSR count). The molecule has 0 aliphatic carbocycles. The summed E-state index contributed by atoms with van der Waals surface area (Å²) in [5.74, 6) is -0.229. The molecule has 0 atom stereocenters. The Kier molecular flexibility index (Phi) is 3.99. The number of aromatic amines is 1. The Morgan fingerprint density at radius 3 is 2.94 bits per heavy atom. The van der Waals surface area contributed by atoms with Gasteiger partial charge in [0.1, 0.15) is 0 Å².